The maximum Gasteiger partial charge on any atom is 0.410 e. The maximum atomic E-state index is 13.0. The van der Waals surface area contributed by atoms with Crippen LogP contribution in [-0.4, -0.2) is 46.5 Å². The van der Waals surface area contributed by atoms with Crippen molar-refractivity contribution in [3.63, 3.8) is 0 Å². The Morgan fingerprint density at radius 2 is 1.52 bits per heavy atom. The number of imide groups is 1. The van der Waals surface area contributed by atoms with Gasteiger partial charge in [-0.1, -0.05) is 60.7 Å². The van der Waals surface area contributed by atoms with Crippen LogP contribution in [0.3, 0.4) is 0 Å². The molecule has 29 heavy (non-hydrogen) atoms. The van der Waals surface area contributed by atoms with Crippen LogP contribution in [0.25, 0.3) is 0 Å². The minimum absolute atomic E-state index is 0.210. The van der Waals surface area contributed by atoms with Gasteiger partial charge < -0.3 is 15.0 Å². The van der Waals surface area contributed by atoms with E-state index in [1.807, 2.05) is 60.7 Å². The number of rotatable bonds is 4. The number of hydrogen-bond acceptors (Lipinski definition) is 4. The van der Waals surface area contributed by atoms with Crippen LogP contribution >= 0.6 is 0 Å². The van der Waals surface area contributed by atoms with Crippen LogP contribution in [0.1, 0.15) is 24.0 Å². The fraction of sp³-hybridized carbons (Fsp3) is 0.318. The zero-order valence-corrected chi connectivity index (χ0v) is 16.0. The third kappa shape index (κ3) is 3.94. The van der Waals surface area contributed by atoms with Gasteiger partial charge in [-0.15, -0.1) is 0 Å². The largest absolute Gasteiger partial charge is 0.445 e. The Bertz CT molecular complexity index is 893. The van der Waals surface area contributed by atoms with Crippen LogP contribution in [-0.2, 0) is 22.7 Å². The molecule has 4 rings (SSSR count). The number of nitrogens with one attached hydrogen (secondary N) is 1. The summed E-state index contributed by atoms with van der Waals surface area (Å²) in [5.74, 6) is -0.219. The molecule has 7 heteroatoms. The zero-order valence-electron chi connectivity index (χ0n) is 16.0. The molecule has 7 nitrogen and oxygen atoms in total. The molecule has 0 saturated carbocycles. The molecule has 2 aromatic rings. The molecule has 0 aromatic heterocycles. The van der Waals surface area contributed by atoms with Crippen molar-refractivity contribution in [3.05, 3.63) is 71.8 Å². The average Bonchev–Trinajstić information content (AvgIpc) is 2.98. The highest BCUT2D eigenvalue weighted by molar-refractivity contribution is 6.07. The van der Waals surface area contributed by atoms with Crippen molar-refractivity contribution in [3.8, 4) is 0 Å². The number of piperidine rings is 1. The normalized spacial score (nSPS) is 18.1. The second-order valence-electron chi connectivity index (χ2n) is 7.42. The van der Waals surface area contributed by atoms with E-state index in [0.29, 0.717) is 25.9 Å². The summed E-state index contributed by atoms with van der Waals surface area (Å²) >= 11 is 0. The van der Waals surface area contributed by atoms with Gasteiger partial charge in [0.2, 0.25) is 0 Å². The lowest BCUT2D eigenvalue weighted by molar-refractivity contribution is -0.133. The van der Waals surface area contributed by atoms with Crippen molar-refractivity contribution >= 4 is 18.0 Å². The van der Waals surface area contributed by atoms with E-state index in [1.165, 1.54) is 4.90 Å². The number of carbonyl (C=O) groups is 3. The topological polar surface area (TPSA) is 79.0 Å². The summed E-state index contributed by atoms with van der Waals surface area (Å²) in [4.78, 5) is 40.6. The number of amides is 4. The van der Waals surface area contributed by atoms with Crippen LogP contribution in [0.4, 0.5) is 9.59 Å². The first-order valence-corrected chi connectivity index (χ1v) is 9.71. The Morgan fingerprint density at radius 3 is 2.14 bits per heavy atom. The van der Waals surface area contributed by atoms with Crippen LogP contribution in [0, 0.1) is 0 Å². The van der Waals surface area contributed by atoms with Gasteiger partial charge in [0.15, 0.2) is 0 Å². The van der Waals surface area contributed by atoms with E-state index in [4.69, 9.17) is 4.74 Å². The van der Waals surface area contributed by atoms with Crippen molar-refractivity contribution in [1.29, 1.82) is 0 Å². The van der Waals surface area contributed by atoms with Gasteiger partial charge in [-0.25, -0.2) is 9.59 Å². The molecule has 2 saturated heterocycles. The van der Waals surface area contributed by atoms with Crippen LogP contribution in [0.2, 0.25) is 0 Å². The predicted octanol–water partition coefficient (Wildman–Crippen LogP) is 2.91. The molecule has 0 radical (unpaired) electrons. The second-order valence-corrected chi connectivity index (χ2v) is 7.42. The van der Waals surface area contributed by atoms with Crippen molar-refractivity contribution in [2.75, 3.05) is 13.1 Å². The number of nitrogens with zero attached hydrogens (tertiary/aromatic N) is 2. The van der Waals surface area contributed by atoms with Crippen LogP contribution in [0.5, 0.6) is 0 Å². The van der Waals surface area contributed by atoms with Gasteiger partial charge in [-0.2, -0.15) is 0 Å². The van der Waals surface area contributed by atoms with Gasteiger partial charge in [-0.3, -0.25) is 9.69 Å². The molecule has 0 atom stereocenters. The third-order valence-electron chi connectivity index (χ3n) is 5.51. The first-order chi connectivity index (χ1) is 14.1. The number of carbonyl (C=O) groups excluding carboxylic acids is 3. The Kier molecular flexibility index (Phi) is 5.20. The SMILES string of the molecule is O=C(OCc1ccccc1)N1CCC2(CC1)NC(=O)N(Cc1ccccc1)C2=O. The predicted molar refractivity (Wildman–Crippen MR) is 106 cm³/mol. The monoisotopic (exact) mass is 393 g/mol. The Hall–Kier alpha value is -3.35. The van der Waals surface area contributed by atoms with E-state index in [9.17, 15) is 14.4 Å². The first-order valence-electron chi connectivity index (χ1n) is 9.71. The van der Waals surface area contributed by atoms with Gasteiger partial charge in [0.05, 0.1) is 6.54 Å². The van der Waals surface area contributed by atoms with Gasteiger partial charge in [0, 0.05) is 13.1 Å². The van der Waals surface area contributed by atoms with Gasteiger partial charge in [0.25, 0.3) is 5.91 Å². The zero-order chi connectivity index (χ0) is 20.3. The van der Waals surface area contributed by atoms with E-state index in [0.717, 1.165) is 11.1 Å². The molecule has 4 amide bonds. The average molecular weight is 393 g/mol. The summed E-state index contributed by atoms with van der Waals surface area (Å²) in [6.07, 6.45) is 0.355. The lowest BCUT2D eigenvalue weighted by atomic mass is 9.87. The summed E-state index contributed by atoms with van der Waals surface area (Å²) in [6.45, 7) is 1.18. The Morgan fingerprint density at radius 1 is 0.931 bits per heavy atom. The fourth-order valence-electron chi connectivity index (χ4n) is 3.81. The standard InChI is InChI=1S/C22H23N3O4/c26-19-22(23-20(27)25(19)15-17-7-3-1-4-8-17)11-13-24(14-12-22)21(28)29-16-18-9-5-2-6-10-18/h1-10H,11-16H2,(H,23,27). The molecule has 0 aliphatic carbocycles. The number of urea groups is 1. The van der Waals surface area contributed by atoms with Crippen molar-refractivity contribution in [1.82, 2.24) is 15.1 Å². The Labute approximate surface area is 169 Å². The summed E-state index contributed by atoms with van der Waals surface area (Å²) in [7, 11) is 0. The molecule has 2 heterocycles. The molecule has 1 N–H and O–H groups in total. The van der Waals surface area contributed by atoms with Crippen molar-refractivity contribution in [2.24, 2.45) is 0 Å². The molecular weight excluding hydrogens is 370 g/mol. The van der Waals surface area contributed by atoms with E-state index in [2.05, 4.69) is 5.32 Å². The highest BCUT2D eigenvalue weighted by Crippen LogP contribution is 2.30. The second kappa shape index (κ2) is 7.95. The number of hydrogen-bond donors (Lipinski definition) is 1. The molecule has 2 fully saturated rings. The van der Waals surface area contributed by atoms with Crippen molar-refractivity contribution < 1.29 is 19.1 Å². The fourth-order valence-corrected chi connectivity index (χ4v) is 3.81. The number of benzene rings is 2. The maximum absolute atomic E-state index is 13.0. The van der Waals surface area contributed by atoms with Crippen LogP contribution in [0.15, 0.2) is 60.7 Å². The molecule has 1 spiro atoms. The molecular formula is C22H23N3O4. The summed E-state index contributed by atoms with van der Waals surface area (Å²) in [5.41, 5.74) is 0.890. The minimum atomic E-state index is -0.928. The molecule has 2 aliphatic rings. The first kappa shape index (κ1) is 19.0. The van der Waals surface area contributed by atoms with Gasteiger partial charge in [0.1, 0.15) is 12.1 Å². The van der Waals surface area contributed by atoms with Gasteiger partial charge >= 0.3 is 12.1 Å². The van der Waals surface area contributed by atoms with Gasteiger partial charge in [-0.05, 0) is 24.0 Å². The molecule has 2 aromatic carbocycles. The summed E-state index contributed by atoms with van der Waals surface area (Å²) in [6, 6.07) is 18.5. The molecule has 2 aliphatic heterocycles. The highest BCUT2D eigenvalue weighted by atomic mass is 16.6. The number of ether oxygens (including phenoxy) is 1. The summed E-state index contributed by atoms with van der Waals surface area (Å²) in [5, 5.41) is 2.87. The van der Waals surface area contributed by atoms with E-state index >= 15 is 0 Å². The number of likely N-dealkylation sites (tertiary alicyclic amines) is 1. The molecule has 150 valence electrons. The molecule has 0 unspecified atom stereocenters. The quantitative estimate of drug-likeness (QED) is 0.810. The van der Waals surface area contributed by atoms with E-state index in [1.54, 1.807) is 4.90 Å². The Balaban J connectivity index is 1.34. The van der Waals surface area contributed by atoms with E-state index < -0.39 is 11.6 Å². The smallest absolute Gasteiger partial charge is 0.410 e. The lowest BCUT2D eigenvalue weighted by Crippen LogP contribution is -2.55. The van der Waals surface area contributed by atoms with E-state index in [-0.39, 0.29) is 25.1 Å². The highest BCUT2D eigenvalue weighted by Gasteiger charge is 2.52. The third-order valence-corrected chi connectivity index (χ3v) is 5.51. The van der Waals surface area contributed by atoms with Crippen molar-refractivity contribution in [2.45, 2.75) is 31.5 Å². The minimum Gasteiger partial charge on any atom is -0.445 e. The van der Waals surface area contributed by atoms with Crippen LogP contribution < -0.4 is 5.32 Å². The molecule has 0 bridgehead atoms. The summed E-state index contributed by atoms with van der Waals surface area (Å²) < 4.78 is 5.37. The lowest BCUT2D eigenvalue weighted by Gasteiger charge is -2.36.